The molecule has 4 rings (SSSR count). The molecule has 1 nitrogen and oxygen atoms in total. The number of hydrogen-bond donors (Lipinski definition) is 0. The van der Waals surface area contributed by atoms with Gasteiger partial charge in [-0.15, -0.1) is 0 Å². The van der Waals surface area contributed by atoms with E-state index in [4.69, 9.17) is 0 Å². The van der Waals surface area contributed by atoms with E-state index in [0.717, 1.165) is 23.7 Å². The van der Waals surface area contributed by atoms with Crippen LogP contribution in [0.1, 0.15) is 119 Å². The highest BCUT2D eigenvalue weighted by Gasteiger charge is 2.60. The third kappa shape index (κ3) is 3.73. The fourth-order valence-electron chi connectivity index (χ4n) is 8.94. The smallest absolute Gasteiger partial charge is 0.0686 e. The molecule has 0 aromatic heterocycles. The molecule has 0 aromatic rings. The van der Waals surface area contributed by atoms with Crippen LogP contribution in [0, 0.1) is 62.6 Å². The van der Waals surface area contributed by atoms with E-state index >= 15 is 0 Å². The largest absolute Gasteiger partial charge is 0.198 e. The first-order valence-electron chi connectivity index (χ1n) is 13.6. The van der Waals surface area contributed by atoms with Crippen LogP contribution in [0.2, 0.25) is 0 Å². The van der Waals surface area contributed by atoms with Crippen molar-refractivity contribution in [1.82, 2.24) is 0 Å². The zero-order valence-corrected chi connectivity index (χ0v) is 21.7. The van der Waals surface area contributed by atoms with Gasteiger partial charge >= 0.3 is 0 Å². The fourth-order valence-corrected chi connectivity index (χ4v) is 8.94. The maximum atomic E-state index is 9.47. The Balaban J connectivity index is 1.46. The molecule has 0 bridgehead atoms. The summed E-state index contributed by atoms with van der Waals surface area (Å²) in [5.41, 5.74) is 3.20. The van der Waals surface area contributed by atoms with Gasteiger partial charge in [-0.25, -0.2) is 0 Å². The Labute approximate surface area is 193 Å². The molecule has 3 saturated carbocycles. The molecule has 4 aliphatic carbocycles. The average Bonchev–Trinajstić information content (AvgIpc) is 3.04. The fraction of sp³-hybridized carbons (Fsp3) is 0.900. The van der Waals surface area contributed by atoms with Crippen molar-refractivity contribution in [2.24, 2.45) is 51.2 Å². The van der Waals surface area contributed by atoms with E-state index in [2.05, 4.69) is 60.6 Å². The molecule has 0 aromatic carbocycles. The van der Waals surface area contributed by atoms with E-state index in [0.29, 0.717) is 22.2 Å². The molecular formula is C30H49N. The number of nitriles is 1. The second-order valence-corrected chi connectivity index (χ2v) is 13.9. The van der Waals surface area contributed by atoms with Crippen molar-refractivity contribution < 1.29 is 0 Å². The zero-order chi connectivity index (χ0) is 22.7. The van der Waals surface area contributed by atoms with Crippen molar-refractivity contribution in [2.45, 2.75) is 119 Å². The molecular weight excluding hydrogens is 374 g/mol. The predicted molar refractivity (Wildman–Crippen MR) is 131 cm³/mol. The van der Waals surface area contributed by atoms with E-state index in [1.807, 2.05) is 5.57 Å². The van der Waals surface area contributed by atoms with Gasteiger partial charge in [0, 0.05) is 0 Å². The normalized spacial score (nSPS) is 42.6. The summed E-state index contributed by atoms with van der Waals surface area (Å²) in [4.78, 5) is 0. The lowest BCUT2D eigenvalue weighted by Crippen LogP contribution is -2.53. The minimum atomic E-state index is -0.186. The molecule has 4 aliphatic rings. The summed E-state index contributed by atoms with van der Waals surface area (Å²) in [6, 6.07) is 2.53. The van der Waals surface area contributed by atoms with Crippen LogP contribution in [0.4, 0.5) is 0 Å². The minimum absolute atomic E-state index is 0.186. The topological polar surface area (TPSA) is 23.8 Å². The molecule has 0 radical (unpaired) electrons. The molecule has 31 heavy (non-hydrogen) atoms. The van der Waals surface area contributed by atoms with Crippen LogP contribution in [0.5, 0.6) is 0 Å². The molecule has 0 aliphatic heterocycles. The van der Waals surface area contributed by atoms with Crippen molar-refractivity contribution in [3.8, 4) is 6.07 Å². The van der Waals surface area contributed by atoms with Crippen LogP contribution in [0.25, 0.3) is 0 Å². The number of nitrogens with zero attached hydrogens (tertiary/aromatic N) is 1. The van der Waals surface area contributed by atoms with Crippen molar-refractivity contribution in [2.75, 3.05) is 0 Å². The molecule has 0 heterocycles. The minimum Gasteiger partial charge on any atom is -0.198 e. The molecule has 3 fully saturated rings. The number of allylic oxidation sites excluding steroid dienone is 2. The Morgan fingerprint density at radius 2 is 1.74 bits per heavy atom. The molecule has 0 N–H and O–H groups in total. The van der Waals surface area contributed by atoms with E-state index in [-0.39, 0.29) is 5.41 Å². The quantitative estimate of drug-likeness (QED) is 0.405. The van der Waals surface area contributed by atoms with Gasteiger partial charge in [-0.1, -0.05) is 59.1 Å². The van der Waals surface area contributed by atoms with Gasteiger partial charge in [0.1, 0.15) is 0 Å². The van der Waals surface area contributed by atoms with E-state index < -0.39 is 0 Å². The van der Waals surface area contributed by atoms with Gasteiger partial charge in [0.05, 0.1) is 11.5 Å². The summed E-state index contributed by atoms with van der Waals surface area (Å²) in [6.07, 6.45) is 18.1. The molecule has 7 atom stereocenters. The molecule has 7 unspecified atom stereocenters. The Kier molecular flexibility index (Phi) is 5.98. The molecule has 0 amide bonds. The predicted octanol–water partition coefficient (Wildman–Crippen LogP) is 8.95. The van der Waals surface area contributed by atoms with Crippen molar-refractivity contribution in [1.29, 1.82) is 5.26 Å². The highest BCUT2D eigenvalue weighted by Crippen LogP contribution is 2.69. The van der Waals surface area contributed by atoms with Crippen molar-refractivity contribution in [3.63, 3.8) is 0 Å². The van der Waals surface area contributed by atoms with E-state index in [9.17, 15) is 5.26 Å². The monoisotopic (exact) mass is 423 g/mol. The van der Waals surface area contributed by atoms with Gasteiger partial charge in [0.25, 0.3) is 0 Å². The summed E-state index contributed by atoms with van der Waals surface area (Å²) < 4.78 is 0. The van der Waals surface area contributed by atoms with Crippen LogP contribution >= 0.6 is 0 Å². The summed E-state index contributed by atoms with van der Waals surface area (Å²) in [5, 5.41) is 9.47. The first-order chi connectivity index (χ1) is 14.5. The Bertz CT molecular complexity index is 751. The van der Waals surface area contributed by atoms with Gasteiger partial charge in [0.2, 0.25) is 0 Å². The van der Waals surface area contributed by atoms with Gasteiger partial charge in [-0.05, 0) is 117 Å². The molecule has 0 saturated heterocycles. The highest BCUT2D eigenvalue weighted by atomic mass is 14.6. The highest BCUT2D eigenvalue weighted by molar-refractivity contribution is 5.27. The summed E-state index contributed by atoms with van der Waals surface area (Å²) in [7, 11) is 0. The third-order valence-electron chi connectivity index (χ3n) is 11.7. The van der Waals surface area contributed by atoms with Crippen LogP contribution < -0.4 is 0 Å². The van der Waals surface area contributed by atoms with Gasteiger partial charge < -0.3 is 0 Å². The average molecular weight is 424 g/mol. The SMILES string of the molecule is CC(CCCC1CCC2C3CC=C4C(CCCC4(C)C)C3(C)CCC12C)C(C)(C)C#N. The Morgan fingerprint density at radius 1 is 1.03 bits per heavy atom. The lowest BCUT2D eigenvalue weighted by molar-refractivity contribution is -0.0790. The standard InChI is InChI=1S/C30H49N/c1-21(28(4,5)20-31)10-8-11-22-13-14-25-26-16-15-23-24(12-9-17-27(23,2)3)30(26,7)19-18-29(22,25)6/h15,21-22,24-26H,8-14,16-19H2,1-7H3. The second-order valence-electron chi connectivity index (χ2n) is 13.9. The van der Waals surface area contributed by atoms with Crippen molar-refractivity contribution >= 4 is 0 Å². The van der Waals surface area contributed by atoms with Crippen LogP contribution in [0.3, 0.4) is 0 Å². The molecule has 0 spiro atoms. The maximum Gasteiger partial charge on any atom is 0.0686 e. The van der Waals surface area contributed by atoms with E-state index in [1.165, 1.54) is 70.6 Å². The van der Waals surface area contributed by atoms with E-state index in [1.54, 1.807) is 0 Å². The Morgan fingerprint density at radius 3 is 2.45 bits per heavy atom. The molecule has 174 valence electrons. The lowest BCUT2D eigenvalue weighted by Gasteiger charge is -2.61. The zero-order valence-electron chi connectivity index (χ0n) is 21.7. The third-order valence-corrected chi connectivity index (χ3v) is 11.7. The summed E-state index contributed by atoms with van der Waals surface area (Å²) in [5.74, 6) is 4.11. The van der Waals surface area contributed by atoms with Crippen molar-refractivity contribution in [3.05, 3.63) is 11.6 Å². The van der Waals surface area contributed by atoms with Gasteiger partial charge in [-0.3, -0.25) is 0 Å². The summed E-state index contributed by atoms with van der Waals surface area (Å²) in [6.45, 7) is 16.9. The van der Waals surface area contributed by atoms with Crippen LogP contribution in [-0.2, 0) is 0 Å². The lowest BCUT2D eigenvalue weighted by atomic mass is 9.44. The number of fused-ring (bicyclic) bond motifs is 5. The maximum absolute atomic E-state index is 9.47. The van der Waals surface area contributed by atoms with Gasteiger partial charge in [0.15, 0.2) is 0 Å². The molecule has 1 heteroatoms. The van der Waals surface area contributed by atoms with Gasteiger partial charge in [-0.2, -0.15) is 5.26 Å². The summed E-state index contributed by atoms with van der Waals surface area (Å²) >= 11 is 0. The van der Waals surface area contributed by atoms with Crippen LogP contribution in [0.15, 0.2) is 11.6 Å². The number of rotatable bonds is 5. The Hall–Kier alpha value is -0.770. The number of hydrogen-bond acceptors (Lipinski definition) is 1. The first kappa shape index (κ1) is 23.4. The van der Waals surface area contributed by atoms with Crippen LogP contribution in [-0.4, -0.2) is 0 Å². The first-order valence-corrected chi connectivity index (χ1v) is 13.6. The second kappa shape index (κ2) is 7.92.